The van der Waals surface area contributed by atoms with Gasteiger partial charge in [-0.1, -0.05) is 12.1 Å². The molecule has 0 saturated heterocycles. The lowest BCUT2D eigenvalue weighted by Gasteiger charge is -2.12. The Bertz CT molecular complexity index is 896. The zero-order chi connectivity index (χ0) is 18.0. The summed E-state index contributed by atoms with van der Waals surface area (Å²) in [6, 6.07) is 9.77. The lowest BCUT2D eigenvalue weighted by atomic mass is 10.1. The molecule has 25 heavy (non-hydrogen) atoms. The summed E-state index contributed by atoms with van der Waals surface area (Å²) in [6.45, 7) is -0.0249. The van der Waals surface area contributed by atoms with E-state index in [1.165, 1.54) is 12.1 Å². The molecule has 1 amide bonds. The van der Waals surface area contributed by atoms with Crippen LogP contribution in [0.4, 0.5) is 13.2 Å². The molecule has 3 aromatic rings. The van der Waals surface area contributed by atoms with Crippen molar-refractivity contribution < 1.29 is 22.4 Å². The van der Waals surface area contributed by atoms with Crippen LogP contribution in [-0.4, -0.2) is 15.7 Å². The minimum atomic E-state index is -4.59. The summed E-state index contributed by atoms with van der Waals surface area (Å²) >= 11 is 0. The fourth-order valence-corrected chi connectivity index (χ4v) is 2.42. The number of furan rings is 1. The van der Waals surface area contributed by atoms with E-state index in [9.17, 15) is 18.0 Å². The van der Waals surface area contributed by atoms with Gasteiger partial charge in [0.1, 0.15) is 11.5 Å². The van der Waals surface area contributed by atoms with Crippen LogP contribution in [0, 0.1) is 0 Å². The first kappa shape index (κ1) is 16.8. The highest BCUT2D eigenvalue weighted by Crippen LogP contribution is 2.31. The zero-order valence-corrected chi connectivity index (χ0v) is 13.2. The Morgan fingerprint density at radius 3 is 2.64 bits per heavy atom. The van der Waals surface area contributed by atoms with E-state index in [0.29, 0.717) is 11.5 Å². The predicted molar refractivity (Wildman–Crippen MR) is 83.5 cm³/mol. The number of carbonyl (C=O) groups is 1. The molecule has 1 aromatic carbocycles. The number of amides is 1. The monoisotopic (exact) mass is 349 g/mol. The third kappa shape index (κ3) is 3.57. The largest absolute Gasteiger partial charge is 0.458 e. The SMILES string of the molecule is Cn1nccc1-c1ccc(CNC(=O)c2ccccc2C(F)(F)F)o1. The van der Waals surface area contributed by atoms with E-state index in [1.807, 2.05) is 0 Å². The number of nitrogens with zero attached hydrogens (tertiary/aromatic N) is 2. The Labute approximate surface area is 141 Å². The van der Waals surface area contributed by atoms with Crippen LogP contribution < -0.4 is 5.32 Å². The van der Waals surface area contributed by atoms with Crippen molar-refractivity contribution in [3.63, 3.8) is 0 Å². The number of rotatable bonds is 4. The van der Waals surface area contributed by atoms with Crippen molar-refractivity contribution in [3.8, 4) is 11.5 Å². The first-order valence-electron chi connectivity index (χ1n) is 7.38. The first-order valence-corrected chi connectivity index (χ1v) is 7.38. The number of nitrogens with one attached hydrogen (secondary N) is 1. The number of halogens is 3. The Morgan fingerprint density at radius 2 is 1.96 bits per heavy atom. The minimum absolute atomic E-state index is 0.0249. The second kappa shape index (κ2) is 6.46. The quantitative estimate of drug-likeness (QED) is 0.782. The fraction of sp³-hybridized carbons (Fsp3) is 0.176. The molecule has 0 unspecified atom stereocenters. The molecule has 2 aromatic heterocycles. The van der Waals surface area contributed by atoms with E-state index in [0.717, 1.165) is 17.8 Å². The second-order valence-electron chi connectivity index (χ2n) is 5.33. The van der Waals surface area contributed by atoms with E-state index < -0.39 is 23.2 Å². The van der Waals surface area contributed by atoms with Crippen LogP contribution >= 0.6 is 0 Å². The molecule has 8 heteroatoms. The Kier molecular flexibility index (Phi) is 4.35. The van der Waals surface area contributed by atoms with Crippen LogP contribution in [0.15, 0.2) is 53.1 Å². The molecule has 0 aliphatic rings. The number of aryl methyl sites for hydroxylation is 1. The molecule has 0 aliphatic heterocycles. The smallest absolute Gasteiger partial charge is 0.417 e. The Balaban J connectivity index is 1.72. The van der Waals surface area contributed by atoms with Gasteiger partial charge in [-0.25, -0.2) is 0 Å². The maximum atomic E-state index is 13.0. The molecular formula is C17H14F3N3O2. The first-order chi connectivity index (χ1) is 11.9. The van der Waals surface area contributed by atoms with Crippen molar-refractivity contribution in [2.75, 3.05) is 0 Å². The fourth-order valence-electron chi connectivity index (χ4n) is 2.42. The third-order valence-corrected chi connectivity index (χ3v) is 3.64. The summed E-state index contributed by atoms with van der Waals surface area (Å²) in [7, 11) is 1.76. The van der Waals surface area contributed by atoms with Crippen molar-refractivity contribution in [1.82, 2.24) is 15.1 Å². The van der Waals surface area contributed by atoms with Gasteiger partial charge < -0.3 is 9.73 Å². The van der Waals surface area contributed by atoms with Crippen molar-refractivity contribution >= 4 is 5.91 Å². The molecule has 5 nitrogen and oxygen atoms in total. The van der Waals surface area contributed by atoms with Crippen LogP contribution in [0.1, 0.15) is 21.7 Å². The summed E-state index contributed by atoms with van der Waals surface area (Å²) in [6.07, 6.45) is -2.97. The van der Waals surface area contributed by atoms with E-state index >= 15 is 0 Å². The summed E-state index contributed by atoms with van der Waals surface area (Å²) in [5, 5.41) is 6.48. The van der Waals surface area contributed by atoms with Gasteiger partial charge in [-0.3, -0.25) is 9.48 Å². The highest BCUT2D eigenvalue weighted by Gasteiger charge is 2.34. The number of aromatic nitrogens is 2. The number of benzene rings is 1. The average Bonchev–Trinajstić information content (AvgIpc) is 3.20. The van der Waals surface area contributed by atoms with Crippen molar-refractivity contribution in [3.05, 3.63) is 65.5 Å². The van der Waals surface area contributed by atoms with Crippen molar-refractivity contribution in [2.24, 2.45) is 7.05 Å². The van der Waals surface area contributed by atoms with Crippen LogP contribution in [0.25, 0.3) is 11.5 Å². The number of carbonyl (C=O) groups excluding carboxylic acids is 1. The van der Waals surface area contributed by atoms with Crippen LogP contribution in [-0.2, 0) is 19.8 Å². The Morgan fingerprint density at radius 1 is 1.20 bits per heavy atom. The summed E-state index contributed by atoms with van der Waals surface area (Å²) in [5.74, 6) is 0.167. The number of alkyl halides is 3. The highest BCUT2D eigenvalue weighted by atomic mass is 19.4. The average molecular weight is 349 g/mol. The molecule has 0 radical (unpaired) electrons. The molecule has 0 saturated carbocycles. The molecule has 0 fully saturated rings. The Hall–Kier alpha value is -3.03. The molecule has 130 valence electrons. The van der Waals surface area contributed by atoms with Gasteiger partial charge >= 0.3 is 6.18 Å². The number of hydrogen-bond acceptors (Lipinski definition) is 3. The molecule has 2 heterocycles. The van der Waals surface area contributed by atoms with Crippen LogP contribution in [0.3, 0.4) is 0 Å². The predicted octanol–water partition coefficient (Wildman–Crippen LogP) is 3.63. The van der Waals surface area contributed by atoms with Crippen LogP contribution in [0.2, 0.25) is 0 Å². The van der Waals surface area contributed by atoms with E-state index in [4.69, 9.17) is 4.42 Å². The lowest BCUT2D eigenvalue weighted by molar-refractivity contribution is -0.137. The van der Waals surface area contributed by atoms with E-state index in [1.54, 1.807) is 36.1 Å². The van der Waals surface area contributed by atoms with Gasteiger partial charge in [-0.2, -0.15) is 18.3 Å². The molecule has 0 bridgehead atoms. The van der Waals surface area contributed by atoms with E-state index in [2.05, 4.69) is 10.4 Å². The maximum Gasteiger partial charge on any atom is 0.417 e. The summed E-state index contributed by atoms with van der Waals surface area (Å²) < 4.78 is 46.1. The molecule has 1 N–H and O–H groups in total. The minimum Gasteiger partial charge on any atom is -0.458 e. The number of hydrogen-bond donors (Lipinski definition) is 1. The third-order valence-electron chi connectivity index (χ3n) is 3.64. The molecule has 0 aliphatic carbocycles. The summed E-state index contributed by atoms with van der Waals surface area (Å²) in [5.41, 5.74) is -0.643. The topological polar surface area (TPSA) is 60.1 Å². The second-order valence-corrected chi connectivity index (χ2v) is 5.33. The van der Waals surface area contributed by atoms with Gasteiger partial charge in [0.15, 0.2) is 5.76 Å². The van der Waals surface area contributed by atoms with E-state index in [-0.39, 0.29) is 6.54 Å². The van der Waals surface area contributed by atoms with Gasteiger partial charge in [-0.15, -0.1) is 0 Å². The normalized spacial score (nSPS) is 11.5. The van der Waals surface area contributed by atoms with Crippen LogP contribution in [0.5, 0.6) is 0 Å². The van der Waals surface area contributed by atoms with Gasteiger partial charge in [0.2, 0.25) is 0 Å². The highest BCUT2D eigenvalue weighted by molar-refractivity contribution is 5.95. The molecule has 0 spiro atoms. The van der Waals surface area contributed by atoms with Gasteiger partial charge in [-0.05, 0) is 30.3 Å². The molecular weight excluding hydrogens is 335 g/mol. The lowest BCUT2D eigenvalue weighted by Crippen LogP contribution is -2.25. The van der Waals surface area contributed by atoms with Gasteiger partial charge in [0.05, 0.1) is 17.7 Å². The maximum absolute atomic E-state index is 13.0. The van der Waals surface area contributed by atoms with Crippen molar-refractivity contribution in [2.45, 2.75) is 12.7 Å². The summed E-state index contributed by atoms with van der Waals surface area (Å²) in [4.78, 5) is 12.1. The molecule has 0 atom stereocenters. The van der Waals surface area contributed by atoms with Crippen molar-refractivity contribution in [1.29, 1.82) is 0 Å². The van der Waals surface area contributed by atoms with Gasteiger partial charge in [0, 0.05) is 13.2 Å². The van der Waals surface area contributed by atoms with Gasteiger partial charge in [0.25, 0.3) is 5.91 Å². The molecule has 3 rings (SSSR count). The standard InChI is InChI=1S/C17H14F3N3O2/c1-23-14(8-9-22-23)15-7-6-11(25-15)10-21-16(24)12-4-2-3-5-13(12)17(18,19)20/h2-9H,10H2,1H3,(H,21,24). The zero-order valence-electron chi connectivity index (χ0n) is 13.2.